The molecule has 7 nitrogen and oxygen atoms in total. The third kappa shape index (κ3) is 5.78. The fraction of sp³-hybridized carbons (Fsp3) is 0.500. The van der Waals surface area contributed by atoms with E-state index in [9.17, 15) is 9.59 Å². The van der Waals surface area contributed by atoms with Crippen molar-refractivity contribution in [2.24, 2.45) is 0 Å². The third-order valence-corrected chi connectivity index (χ3v) is 2.83. The van der Waals surface area contributed by atoms with Crippen molar-refractivity contribution in [3.63, 3.8) is 0 Å². The van der Waals surface area contributed by atoms with E-state index in [2.05, 4.69) is 4.98 Å². The van der Waals surface area contributed by atoms with E-state index in [1.165, 1.54) is 16.9 Å². The highest BCUT2D eigenvalue weighted by molar-refractivity contribution is 5.80. The van der Waals surface area contributed by atoms with Crippen molar-refractivity contribution in [3.05, 3.63) is 29.6 Å². The molecule has 116 valence electrons. The standard InChI is InChI=1S/C14H21N3O4/c1-11-5-4-6-12(15-11)9-16(2)14(20)17(7-8-21-3)10-13(18)19/h4-6H,7-10H2,1-3H3,(H,18,19). The Labute approximate surface area is 124 Å². The minimum Gasteiger partial charge on any atom is -0.480 e. The van der Waals surface area contributed by atoms with Crippen LogP contribution in [0.15, 0.2) is 18.2 Å². The van der Waals surface area contributed by atoms with Gasteiger partial charge in [0.2, 0.25) is 0 Å². The number of aliphatic carboxylic acids is 1. The Hall–Kier alpha value is -2.15. The van der Waals surface area contributed by atoms with E-state index in [1.54, 1.807) is 7.05 Å². The van der Waals surface area contributed by atoms with Crippen molar-refractivity contribution in [2.75, 3.05) is 33.9 Å². The zero-order valence-corrected chi connectivity index (χ0v) is 12.6. The second kappa shape index (κ2) is 8.21. The summed E-state index contributed by atoms with van der Waals surface area (Å²) in [6.07, 6.45) is 0. The lowest BCUT2D eigenvalue weighted by molar-refractivity contribution is -0.137. The van der Waals surface area contributed by atoms with Crippen molar-refractivity contribution < 1.29 is 19.4 Å². The number of hydrogen-bond donors (Lipinski definition) is 1. The zero-order chi connectivity index (χ0) is 15.8. The van der Waals surface area contributed by atoms with Gasteiger partial charge in [0.25, 0.3) is 0 Å². The van der Waals surface area contributed by atoms with Crippen molar-refractivity contribution in [1.82, 2.24) is 14.8 Å². The molecule has 0 aromatic carbocycles. The highest BCUT2D eigenvalue weighted by Gasteiger charge is 2.20. The Morgan fingerprint density at radius 2 is 2.10 bits per heavy atom. The molecule has 0 fully saturated rings. The van der Waals surface area contributed by atoms with Crippen LogP contribution in [0.5, 0.6) is 0 Å². The summed E-state index contributed by atoms with van der Waals surface area (Å²) in [6, 6.07) is 5.21. The Balaban J connectivity index is 2.70. The molecule has 1 aromatic rings. The summed E-state index contributed by atoms with van der Waals surface area (Å²) in [5, 5.41) is 8.87. The maximum atomic E-state index is 12.3. The maximum Gasteiger partial charge on any atom is 0.323 e. The number of hydrogen-bond acceptors (Lipinski definition) is 4. The lowest BCUT2D eigenvalue weighted by Gasteiger charge is -2.26. The van der Waals surface area contributed by atoms with Crippen LogP contribution in [0.1, 0.15) is 11.4 Å². The van der Waals surface area contributed by atoms with Crippen LogP contribution in [0.25, 0.3) is 0 Å². The third-order valence-electron chi connectivity index (χ3n) is 2.83. The van der Waals surface area contributed by atoms with Crippen LogP contribution in [0.2, 0.25) is 0 Å². The van der Waals surface area contributed by atoms with Crippen LogP contribution < -0.4 is 0 Å². The number of aromatic nitrogens is 1. The van der Waals surface area contributed by atoms with Crippen LogP contribution in [0.3, 0.4) is 0 Å². The van der Waals surface area contributed by atoms with Gasteiger partial charge in [0, 0.05) is 26.4 Å². The average molecular weight is 295 g/mol. The molecule has 1 N–H and O–H groups in total. The second-order valence-corrected chi connectivity index (χ2v) is 4.72. The summed E-state index contributed by atoms with van der Waals surface area (Å²) in [5.74, 6) is -1.05. The number of methoxy groups -OCH3 is 1. The molecule has 0 bridgehead atoms. The first kappa shape index (κ1) is 16.9. The first-order chi connectivity index (χ1) is 9.93. The molecule has 0 saturated carbocycles. The van der Waals surface area contributed by atoms with Gasteiger partial charge < -0.3 is 19.6 Å². The fourth-order valence-electron chi connectivity index (χ4n) is 1.85. The van der Waals surface area contributed by atoms with Crippen molar-refractivity contribution in [2.45, 2.75) is 13.5 Å². The van der Waals surface area contributed by atoms with Crippen molar-refractivity contribution in [3.8, 4) is 0 Å². The Kier molecular flexibility index (Phi) is 6.61. The van der Waals surface area contributed by atoms with Gasteiger partial charge in [0.05, 0.1) is 18.8 Å². The predicted molar refractivity (Wildman–Crippen MR) is 76.9 cm³/mol. The van der Waals surface area contributed by atoms with Gasteiger partial charge in [-0.15, -0.1) is 0 Å². The Bertz CT molecular complexity index is 493. The quantitative estimate of drug-likeness (QED) is 0.810. The number of ether oxygens (including phenoxy) is 1. The lowest BCUT2D eigenvalue weighted by Crippen LogP contribution is -2.44. The number of carboxylic acids is 1. The maximum absolute atomic E-state index is 12.3. The SMILES string of the molecule is COCCN(CC(=O)O)C(=O)N(C)Cc1cccc(C)n1. The largest absolute Gasteiger partial charge is 0.480 e. The molecular formula is C14H21N3O4. The van der Waals surface area contributed by atoms with Gasteiger partial charge in [-0.1, -0.05) is 6.07 Å². The van der Waals surface area contributed by atoms with Crippen molar-refractivity contribution in [1.29, 1.82) is 0 Å². The van der Waals surface area contributed by atoms with Crippen LogP contribution in [0.4, 0.5) is 4.79 Å². The summed E-state index contributed by atoms with van der Waals surface area (Å²) in [6.45, 7) is 2.36. The second-order valence-electron chi connectivity index (χ2n) is 4.72. The number of pyridine rings is 1. The molecular weight excluding hydrogens is 274 g/mol. The molecule has 0 aliphatic carbocycles. The fourth-order valence-corrected chi connectivity index (χ4v) is 1.85. The summed E-state index contributed by atoms with van der Waals surface area (Å²) in [5.41, 5.74) is 1.63. The molecule has 0 unspecified atom stereocenters. The van der Waals surface area contributed by atoms with Gasteiger partial charge in [-0.3, -0.25) is 9.78 Å². The van der Waals surface area contributed by atoms with E-state index < -0.39 is 5.97 Å². The predicted octanol–water partition coefficient (Wildman–Crippen LogP) is 0.975. The normalized spacial score (nSPS) is 10.2. The minimum atomic E-state index is -1.05. The molecule has 0 aliphatic heterocycles. The van der Waals surface area contributed by atoms with Crippen LogP contribution in [-0.2, 0) is 16.1 Å². The number of carbonyl (C=O) groups is 2. The number of carbonyl (C=O) groups excluding carboxylic acids is 1. The van der Waals surface area contributed by atoms with Gasteiger partial charge in [0.15, 0.2) is 0 Å². The molecule has 1 heterocycles. The smallest absolute Gasteiger partial charge is 0.323 e. The Morgan fingerprint density at radius 3 is 2.67 bits per heavy atom. The summed E-state index contributed by atoms with van der Waals surface area (Å²) < 4.78 is 4.90. The topological polar surface area (TPSA) is 83.0 Å². The van der Waals surface area contributed by atoms with E-state index in [0.717, 1.165) is 11.4 Å². The molecule has 1 aromatic heterocycles. The summed E-state index contributed by atoms with van der Waals surface area (Å²) in [4.78, 5) is 30.1. The number of nitrogens with zero attached hydrogens (tertiary/aromatic N) is 3. The number of urea groups is 1. The number of carboxylic acid groups (broad SMARTS) is 1. The van der Waals surface area contributed by atoms with Gasteiger partial charge in [0.1, 0.15) is 6.54 Å². The molecule has 21 heavy (non-hydrogen) atoms. The first-order valence-corrected chi connectivity index (χ1v) is 6.57. The number of rotatable bonds is 7. The van der Waals surface area contributed by atoms with E-state index >= 15 is 0 Å². The van der Waals surface area contributed by atoms with E-state index in [4.69, 9.17) is 9.84 Å². The monoisotopic (exact) mass is 295 g/mol. The summed E-state index contributed by atoms with van der Waals surface area (Å²) >= 11 is 0. The van der Waals surface area contributed by atoms with E-state index in [0.29, 0.717) is 6.54 Å². The van der Waals surface area contributed by atoms with Crippen LogP contribution >= 0.6 is 0 Å². The Morgan fingerprint density at radius 1 is 1.38 bits per heavy atom. The number of amides is 2. The first-order valence-electron chi connectivity index (χ1n) is 6.57. The molecule has 0 aliphatic rings. The molecule has 2 amide bonds. The van der Waals surface area contributed by atoms with Crippen LogP contribution in [-0.4, -0.2) is 65.7 Å². The van der Waals surface area contributed by atoms with Crippen LogP contribution in [0, 0.1) is 6.92 Å². The average Bonchev–Trinajstić information content (AvgIpc) is 2.42. The van der Waals surface area contributed by atoms with E-state index in [-0.39, 0.29) is 25.7 Å². The number of aryl methyl sites for hydroxylation is 1. The lowest BCUT2D eigenvalue weighted by atomic mass is 10.3. The molecule has 0 radical (unpaired) electrons. The van der Waals surface area contributed by atoms with E-state index in [1.807, 2.05) is 25.1 Å². The summed E-state index contributed by atoms with van der Waals surface area (Å²) in [7, 11) is 3.12. The molecule has 7 heteroatoms. The highest BCUT2D eigenvalue weighted by Crippen LogP contribution is 2.05. The van der Waals surface area contributed by atoms with Gasteiger partial charge in [-0.05, 0) is 19.1 Å². The zero-order valence-electron chi connectivity index (χ0n) is 12.6. The van der Waals surface area contributed by atoms with Crippen molar-refractivity contribution >= 4 is 12.0 Å². The van der Waals surface area contributed by atoms with Gasteiger partial charge >= 0.3 is 12.0 Å². The van der Waals surface area contributed by atoms with Gasteiger partial charge in [-0.2, -0.15) is 0 Å². The van der Waals surface area contributed by atoms with Gasteiger partial charge in [-0.25, -0.2) is 4.79 Å². The molecule has 0 atom stereocenters. The minimum absolute atomic E-state index is 0.229. The molecule has 0 saturated heterocycles. The highest BCUT2D eigenvalue weighted by atomic mass is 16.5. The molecule has 1 rings (SSSR count). The molecule has 0 spiro atoms.